The molecule has 2 aromatic heterocycles. The van der Waals surface area contributed by atoms with Gasteiger partial charge >= 0.3 is 12.1 Å². The summed E-state index contributed by atoms with van der Waals surface area (Å²) in [5.74, 6) is -1.53. The van der Waals surface area contributed by atoms with E-state index in [2.05, 4.69) is 36.2 Å². The van der Waals surface area contributed by atoms with E-state index in [0.29, 0.717) is 17.8 Å². The number of amides is 3. The van der Waals surface area contributed by atoms with E-state index in [9.17, 15) is 19.2 Å². The minimum Gasteiger partial charge on any atom is -0.481 e. The maximum Gasteiger partial charge on any atom is 0.408 e. The Bertz CT molecular complexity index is 1070. The average Bonchev–Trinajstić information content (AvgIpc) is 3.42. The molecule has 3 heterocycles. The fraction of sp³-hybridized carbons (Fsp3) is 0.524. The molecule has 1 aliphatic rings. The molecule has 35 heavy (non-hydrogen) atoms. The molecule has 0 radical (unpaired) electrons. The van der Waals surface area contributed by atoms with E-state index in [4.69, 9.17) is 9.84 Å². The van der Waals surface area contributed by atoms with Crippen LogP contribution < -0.4 is 15.5 Å². The van der Waals surface area contributed by atoms with E-state index in [1.165, 1.54) is 11.1 Å². The largest absolute Gasteiger partial charge is 0.481 e. The van der Waals surface area contributed by atoms with E-state index in [0.717, 1.165) is 0 Å². The topological polar surface area (TPSA) is 192 Å². The van der Waals surface area contributed by atoms with Crippen molar-refractivity contribution in [1.82, 2.24) is 36.2 Å². The molecule has 1 aliphatic heterocycles. The van der Waals surface area contributed by atoms with Crippen molar-refractivity contribution >= 4 is 29.7 Å². The van der Waals surface area contributed by atoms with Crippen LogP contribution in [0.4, 0.5) is 10.6 Å². The summed E-state index contributed by atoms with van der Waals surface area (Å²) in [6.07, 6.45) is 0.581. The van der Waals surface area contributed by atoms with Crippen LogP contribution in [0.1, 0.15) is 45.0 Å². The highest BCUT2D eigenvalue weighted by atomic mass is 16.6. The zero-order valence-corrected chi connectivity index (χ0v) is 19.6. The quantitative estimate of drug-likeness (QED) is 0.372. The molecular formula is C21H28N8O6. The second-order valence-corrected chi connectivity index (χ2v) is 8.91. The standard InChI is InChI=1S/C21H28N8O6/c1-21(2,3)35-20(34)24-13(6-7-16(30)31)19(33)29-14(11-12-5-4-9-22-17(12)29)18(32)23-10-8-15-25-27-28-26-15/h4-5,9,13-14H,6-8,10-11H2,1-3H3,(H,23,32)(H,24,34)(H,30,31)(H,25,26,27,28)/t13?,14-/m0/s1. The molecule has 0 spiro atoms. The van der Waals surface area contributed by atoms with Gasteiger partial charge in [-0.3, -0.25) is 19.3 Å². The number of fused-ring (bicyclic) bond motifs is 1. The van der Waals surface area contributed by atoms with E-state index >= 15 is 0 Å². The number of carbonyl (C=O) groups is 4. The third-order valence-electron chi connectivity index (χ3n) is 5.03. The van der Waals surface area contributed by atoms with Crippen LogP contribution in [0.2, 0.25) is 0 Å². The minimum absolute atomic E-state index is 0.196. The molecule has 3 rings (SSSR count). The smallest absolute Gasteiger partial charge is 0.408 e. The third kappa shape index (κ3) is 6.94. The maximum absolute atomic E-state index is 13.6. The van der Waals surface area contributed by atoms with Crippen molar-refractivity contribution < 1.29 is 29.0 Å². The van der Waals surface area contributed by atoms with Gasteiger partial charge in [0.1, 0.15) is 23.5 Å². The molecule has 14 nitrogen and oxygen atoms in total. The number of hydrogen-bond donors (Lipinski definition) is 4. The lowest BCUT2D eigenvalue weighted by Crippen LogP contribution is -2.55. The molecule has 14 heteroatoms. The Kier molecular flexibility index (Phi) is 7.94. The fourth-order valence-corrected chi connectivity index (χ4v) is 3.57. The Morgan fingerprint density at radius 2 is 2.09 bits per heavy atom. The molecule has 0 saturated carbocycles. The number of aliphatic carboxylic acids is 1. The van der Waals surface area contributed by atoms with E-state index in [1.54, 1.807) is 32.9 Å². The molecule has 0 saturated heterocycles. The first kappa shape index (κ1) is 25.5. The zero-order chi connectivity index (χ0) is 25.6. The third-order valence-corrected chi connectivity index (χ3v) is 5.03. The zero-order valence-electron chi connectivity index (χ0n) is 19.6. The van der Waals surface area contributed by atoms with Crippen LogP contribution >= 0.6 is 0 Å². The molecule has 188 valence electrons. The number of alkyl carbamates (subject to hydrolysis) is 1. The molecule has 2 aromatic rings. The number of pyridine rings is 1. The summed E-state index contributed by atoms with van der Waals surface area (Å²) < 4.78 is 5.24. The van der Waals surface area contributed by atoms with Crippen molar-refractivity contribution in [2.24, 2.45) is 0 Å². The van der Waals surface area contributed by atoms with Crippen LogP contribution in [0.3, 0.4) is 0 Å². The van der Waals surface area contributed by atoms with Crippen LogP contribution in [0.25, 0.3) is 0 Å². The van der Waals surface area contributed by atoms with Gasteiger partial charge in [0, 0.05) is 32.0 Å². The Morgan fingerprint density at radius 1 is 1.31 bits per heavy atom. The first-order chi connectivity index (χ1) is 16.5. The summed E-state index contributed by atoms with van der Waals surface area (Å²) in [5, 5.41) is 27.8. The maximum atomic E-state index is 13.6. The Morgan fingerprint density at radius 3 is 2.74 bits per heavy atom. The Hall–Kier alpha value is -4.10. The van der Waals surface area contributed by atoms with Crippen LogP contribution in [0.15, 0.2) is 18.3 Å². The summed E-state index contributed by atoms with van der Waals surface area (Å²) in [6, 6.07) is 1.26. The normalized spacial score (nSPS) is 15.7. The monoisotopic (exact) mass is 488 g/mol. The molecular weight excluding hydrogens is 460 g/mol. The molecule has 2 atom stereocenters. The highest BCUT2D eigenvalue weighted by Gasteiger charge is 2.42. The van der Waals surface area contributed by atoms with Gasteiger partial charge in [-0.25, -0.2) is 9.78 Å². The predicted molar refractivity (Wildman–Crippen MR) is 120 cm³/mol. The lowest BCUT2D eigenvalue weighted by molar-refractivity contribution is -0.137. The second kappa shape index (κ2) is 10.9. The van der Waals surface area contributed by atoms with Gasteiger partial charge in [-0.15, -0.1) is 10.2 Å². The molecule has 0 aromatic carbocycles. The van der Waals surface area contributed by atoms with Crippen molar-refractivity contribution in [1.29, 1.82) is 0 Å². The number of tetrazole rings is 1. The highest BCUT2D eigenvalue weighted by molar-refractivity contribution is 6.05. The first-order valence-electron chi connectivity index (χ1n) is 11.0. The van der Waals surface area contributed by atoms with Gasteiger partial charge in [0.2, 0.25) is 5.91 Å². The summed E-state index contributed by atoms with van der Waals surface area (Å²) in [7, 11) is 0. The molecule has 3 amide bonds. The van der Waals surface area contributed by atoms with Crippen LogP contribution in [-0.2, 0) is 32.0 Å². The lowest BCUT2D eigenvalue weighted by Gasteiger charge is -2.29. The summed E-state index contributed by atoms with van der Waals surface area (Å²) in [5.41, 5.74) is -0.152. The number of carboxylic acid groups (broad SMARTS) is 1. The molecule has 0 bridgehead atoms. The van der Waals surface area contributed by atoms with Gasteiger partial charge in [-0.05, 0) is 38.8 Å². The highest BCUT2D eigenvalue weighted by Crippen LogP contribution is 2.31. The van der Waals surface area contributed by atoms with Crippen molar-refractivity contribution in [3.05, 3.63) is 29.7 Å². The molecule has 0 aliphatic carbocycles. The van der Waals surface area contributed by atoms with Gasteiger partial charge in [-0.1, -0.05) is 11.3 Å². The summed E-state index contributed by atoms with van der Waals surface area (Å²) >= 11 is 0. The van der Waals surface area contributed by atoms with Gasteiger partial charge < -0.3 is 20.5 Å². The summed E-state index contributed by atoms with van der Waals surface area (Å²) in [4.78, 5) is 55.7. The number of nitrogens with zero attached hydrogens (tertiary/aromatic N) is 5. The van der Waals surface area contributed by atoms with Gasteiger partial charge in [0.25, 0.3) is 5.91 Å². The number of nitrogens with one attached hydrogen (secondary N) is 3. The number of hydrogen-bond acceptors (Lipinski definition) is 9. The van der Waals surface area contributed by atoms with Crippen molar-refractivity contribution in [3.63, 3.8) is 0 Å². The van der Waals surface area contributed by atoms with Crippen LogP contribution in [0, 0.1) is 0 Å². The predicted octanol–water partition coefficient (Wildman–Crippen LogP) is -0.0306. The number of aromatic amines is 1. The van der Waals surface area contributed by atoms with Gasteiger partial charge in [-0.2, -0.15) is 5.21 Å². The number of anilines is 1. The van der Waals surface area contributed by atoms with E-state index in [-0.39, 0.29) is 31.6 Å². The average molecular weight is 489 g/mol. The number of ether oxygens (including phenoxy) is 1. The number of carbonyl (C=O) groups excluding carboxylic acids is 3. The number of rotatable bonds is 9. The number of carboxylic acids is 1. The van der Waals surface area contributed by atoms with Crippen LogP contribution in [0.5, 0.6) is 0 Å². The Balaban J connectivity index is 1.80. The Labute approximate surface area is 200 Å². The SMILES string of the molecule is CC(C)(C)OC(=O)NC(CCC(=O)O)C(=O)N1c2ncccc2C[C@H]1C(=O)NCCc1nn[nH]n1. The second-order valence-electron chi connectivity index (χ2n) is 8.91. The van der Waals surface area contributed by atoms with Gasteiger partial charge in [0.05, 0.1) is 0 Å². The van der Waals surface area contributed by atoms with Crippen molar-refractivity contribution in [3.8, 4) is 0 Å². The lowest BCUT2D eigenvalue weighted by atomic mass is 10.1. The molecule has 0 fully saturated rings. The van der Waals surface area contributed by atoms with E-state index < -0.39 is 41.6 Å². The first-order valence-corrected chi connectivity index (χ1v) is 11.0. The van der Waals surface area contributed by atoms with Gasteiger partial charge in [0.15, 0.2) is 5.82 Å². The van der Waals surface area contributed by atoms with Crippen molar-refractivity contribution in [2.75, 3.05) is 11.4 Å². The van der Waals surface area contributed by atoms with Crippen molar-refractivity contribution in [2.45, 2.75) is 64.1 Å². The molecule has 1 unspecified atom stereocenters. The van der Waals surface area contributed by atoms with E-state index in [1.807, 2.05) is 0 Å². The number of H-pyrrole nitrogens is 1. The molecule has 4 N–H and O–H groups in total. The fourth-order valence-electron chi connectivity index (χ4n) is 3.57. The number of aromatic nitrogens is 5. The summed E-state index contributed by atoms with van der Waals surface area (Å²) in [6.45, 7) is 5.20. The minimum atomic E-state index is -1.25. The van der Waals surface area contributed by atoms with Crippen LogP contribution in [-0.4, -0.2) is 78.8 Å².